The summed E-state index contributed by atoms with van der Waals surface area (Å²) in [6.45, 7) is 10.4. The number of para-hydroxylation sites is 2. The standard InChI is InChI=1S/C32H39N3O4/c1-23(2)19-34(20-27(36)22-38-31-14-10-9-11-24(31)3)21-30-25(4)33-35(26-12-7-6-8-13-26)32(30)39-29-17-15-28(37-5)16-18-29/h6-18,23,27,36H,19-22H2,1-5H3/t27-/m1/s1. The molecule has 0 aliphatic rings. The molecule has 1 heterocycles. The van der Waals surface area contributed by atoms with Crippen LogP contribution in [-0.2, 0) is 6.54 Å². The largest absolute Gasteiger partial charge is 0.497 e. The molecule has 0 fully saturated rings. The van der Waals surface area contributed by atoms with E-state index in [1.165, 1.54) is 0 Å². The minimum Gasteiger partial charge on any atom is -0.497 e. The van der Waals surface area contributed by atoms with Gasteiger partial charge in [0, 0.05) is 19.6 Å². The van der Waals surface area contributed by atoms with Crippen molar-refractivity contribution in [2.45, 2.75) is 40.3 Å². The van der Waals surface area contributed by atoms with Crippen LogP contribution < -0.4 is 14.2 Å². The fourth-order valence-electron chi connectivity index (χ4n) is 4.52. The highest BCUT2D eigenvalue weighted by molar-refractivity contribution is 5.44. The number of benzene rings is 3. The van der Waals surface area contributed by atoms with Crippen LogP contribution >= 0.6 is 0 Å². The molecule has 0 amide bonds. The summed E-state index contributed by atoms with van der Waals surface area (Å²) in [7, 11) is 1.64. The van der Waals surface area contributed by atoms with E-state index in [9.17, 15) is 5.11 Å². The third kappa shape index (κ3) is 7.62. The molecule has 1 N–H and O–H groups in total. The van der Waals surface area contributed by atoms with Gasteiger partial charge in [-0.2, -0.15) is 5.10 Å². The van der Waals surface area contributed by atoms with Crippen LogP contribution in [0.5, 0.6) is 23.1 Å². The number of aliphatic hydroxyl groups is 1. The average molecular weight is 530 g/mol. The summed E-state index contributed by atoms with van der Waals surface area (Å²) in [5.74, 6) is 3.31. The van der Waals surface area contributed by atoms with Gasteiger partial charge in [0.05, 0.1) is 24.1 Å². The second-order valence-corrected chi connectivity index (χ2v) is 10.2. The fraction of sp³-hybridized carbons (Fsp3) is 0.344. The first kappa shape index (κ1) is 28.2. The number of methoxy groups -OCH3 is 1. The second-order valence-electron chi connectivity index (χ2n) is 10.2. The lowest BCUT2D eigenvalue weighted by Crippen LogP contribution is -2.37. The van der Waals surface area contributed by atoms with E-state index >= 15 is 0 Å². The zero-order chi connectivity index (χ0) is 27.8. The maximum atomic E-state index is 10.9. The minimum atomic E-state index is -0.654. The zero-order valence-corrected chi connectivity index (χ0v) is 23.5. The Morgan fingerprint density at radius 2 is 1.54 bits per heavy atom. The lowest BCUT2D eigenvalue weighted by atomic mass is 10.1. The van der Waals surface area contributed by atoms with Crippen LogP contribution in [0.2, 0.25) is 0 Å². The van der Waals surface area contributed by atoms with E-state index in [-0.39, 0.29) is 6.61 Å². The van der Waals surface area contributed by atoms with Gasteiger partial charge in [0.2, 0.25) is 5.88 Å². The highest BCUT2D eigenvalue weighted by Gasteiger charge is 2.23. The number of ether oxygens (including phenoxy) is 3. The number of hydrogen-bond donors (Lipinski definition) is 1. The molecule has 4 rings (SSSR count). The number of aryl methyl sites for hydroxylation is 2. The maximum absolute atomic E-state index is 10.9. The van der Waals surface area contributed by atoms with Gasteiger partial charge in [0.25, 0.3) is 0 Å². The van der Waals surface area contributed by atoms with Gasteiger partial charge in [0.15, 0.2) is 0 Å². The van der Waals surface area contributed by atoms with Crippen molar-refractivity contribution < 1.29 is 19.3 Å². The van der Waals surface area contributed by atoms with Crippen molar-refractivity contribution in [1.82, 2.24) is 14.7 Å². The molecule has 1 atom stereocenters. The van der Waals surface area contributed by atoms with E-state index in [0.29, 0.717) is 30.6 Å². The van der Waals surface area contributed by atoms with Crippen molar-refractivity contribution >= 4 is 0 Å². The molecule has 7 heteroatoms. The Hall–Kier alpha value is -3.81. The van der Waals surface area contributed by atoms with E-state index in [4.69, 9.17) is 19.3 Å². The first-order valence-corrected chi connectivity index (χ1v) is 13.4. The normalized spacial score (nSPS) is 12.1. The maximum Gasteiger partial charge on any atom is 0.227 e. The van der Waals surface area contributed by atoms with Crippen molar-refractivity contribution in [3.8, 4) is 28.8 Å². The Morgan fingerprint density at radius 3 is 2.21 bits per heavy atom. The molecule has 1 aromatic heterocycles. The van der Waals surface area contributed by atoms with Crippen LogP contribution in [0.3, 0.4) is 0 Å². The van der Waals surface area contributed by atoms with Crippen LogP contribution in [-0.4, -0.2) is 52.7 Å². The molecule has 7 nitrogen and oxygen atoms in total. The van der Waals surface area contributed by atoms with Crippen LogP contribution in [0.4, 0.5) is 0 Å². The Labute approximate surface area is 231 Å². The van der Waals surface area contributed by atoms with E-state index in [2.05, 4.69) is 18.7 Å². The van der Waals surface area contributed by atoms with Crippen molar-refractivity contribution in [1.29, 1.82) is 0 Å². The molecular weight excluding hydrogens is 490 g/mol. The zero-order valence-electron chi connectivity index (χ0n) is 23.5. The lowest BCUT2D eigenvalue weighted by Gasteiger charge is -2.27. The van der Waals surface area contributed by atoms with Gasteiger partial charge < -0.3 is 19.3 Å². The van der Waals surface area contributed by atoms with Crippen LogP contribution in [0.15, 0.2) is 78.9 Å². The van der Waals surface area contributed by atoms with Crippen molar-refractivity contribution in [2.24, 2.45) is 5.92 Å². The highest BCUT2D eigenvalue weighted by Crippen LogP contribution is 2.32. The lowest BCUT2D eigenvalue weighted by molar-refractivity contribution is 0.0609. The summed E-state index contributed by atoms with van der Waals surface area (Å²) >= 11 is 0. The van der Waals surface area contributed by atoms with Crippen molar-refractivity contribution in [3.63, 3.8) is 0 Å². The third-order valence-electron chi connectivity index (χ3n) is 6.41. The SMILES string of the molecule is COc1ccc(Oc2c(CN(CC(C)C)C[C@@H](O)COc3ccccc3C)c(C)nn2-c2ccccc2)cc1. The molecule has 0 aliphatic heterocycles. The minimum absolute atomic E-state index is 0.219. The van der Waals surface area contributed by atoms with Gasteiger partial charge in [-0.25, -0.2) is 4.68 Å². The molecule has 0 radical (unpaired) electrons. The number of aliphatic hydroxyl groups excluding tert-OH is 1. The van der Waals surface area contributed by atoms with E-state index < -0.39 is 6.10 Å². The topological polar surface area (TPSA) is 69.0 Å². The molecule has 0 saturated carbocycles. The van der Waals surface area contributed by atoms with Gasteiger partial charge in [-0.15, -0.1) is 0 Å². The van der Waals surface area contributed by atoms with Gasteiger partial charge >= 0.3 is 0 Å². The molecule has 0 spiro atoms. The summed E-state index contributed by atoms with van der Waals surface area (Å²) in [6, 6.07) is 25.4. The molecular formula is C32H39N3O4. The molecule has 0 bridgehead atoms. The predicted molar refractivity (Wildman–Crippen MR) is 154 cm³/mol. The van der Waals surface area contributed by atoms with Crippen LogP contribution in [0.25, 0.3) is 5.69 Å². The average Bonchev–Trinajstić information content (AvgIpc) is 3.23. The first-order valence-electron chi connectivity index (χ1n) is 13.4. The fourth-order valence-corrected chi connectivity index (χ4v) is 4.52. The summed E-state index contributed by atoms with van der Waals surface area (Å²) in [5.41, 5.74) is 3.81. The molecule has 0 saturated heterocycles. The highest BCUT2D eigenvalue weighted by atomic mass is 16.5. The van der Waals surface area contributed by atoms with Crippen LogP contribution in [0, 0.1) is 19.8 Å². The Bertz CT molecular complexity index is 1320. The number of hydrogen-bond acceptors (Lipinski definition) is 6. The Morgan fingerprint density at radius 1 is 0.872 bits per heavy atom. The summed E-state index contributed by atoms with van der Waals surface area (Å²) < 4.78 is 19.6. The number of nitrogens with zero attached hydrogens (tertiary/aromatic N) is 3. The van der Waals surface area contributed by atoms with Crippen molar-refractivity contribution in [3.05, 3.63) is 95.7 Å². The van der Waals surface area contributed by atoms with E-state index in [1.807, 2.05) is 97.4 Å². The smallest absolute Gasteiger partial charge is 0.227 e. The van der Waals surface area contributed by atoms with E-state index in [0.717, 1.165) is 40.6 Å². The van der Waals surface area contributed by atoms with Crippen molar-refractivity contribution in [2.75, 3.05) is 26.8 Å². The molecule has 39 heavy (non-hydrogen) atoms. The number of aromatic nitrogens is 2. The summed E-state index contributed by atoms with van der Waals surface area (Å²) in [6.07, 6.45) is -0.654. The monoisotopic (exact) mass is 529 g/mol. The molecule has 3 aromatic carbocycles. The van der Waals surface area contributed by atoms with Gasteiger partial charge in [-0.3, -0.25) is 4.90 Å². The quantitative estimate of drug-likeness (QED) is 0.223. The third-order valence-corrected chi connectivity index (χ3v) is 6.41. The van der Waals surface area contributed by atoms with Gasteiger partial charge in [-0.05, 0) is 67.8 Å². The molecule has 4 aromatic rings. The Balaban J connectivity index is 1.59. The molecule has 0 aliphatic carbocycles. The second kappa shape index (κ2) is 13.3. The predicted octanol–water partition coefficient (Wildman–Crippen LogP) is 6.19. The van der Waals surface area contributed by atoms with Gasteiger partial charge in [0.1, 0.15) is 30.0 Å². The van der Waals surface area contributed by atoms with Crippen LogP contribution in [0.1, 0.15) is 30.7 Å². The summed E-state index contributed by atoms with van der Waals surface area (Å²) in [5, 5.41) is 15.8. The summed E-state index contributed by atoms with van der Waals surface area (Å²) in [4.78, 5) is 2.25. The molecule has 206 valence electrons. The molecule has 0 unspecified atom stereocenters. The Kier molecular flexibility index (Phi) is 9.63. The number of rotatable bonds is 13. The first-order chi connectivity index (χ1) is 18.8. The van der Waals surface area contributed by atoms with E-state index in [1.54, 1.807) is 7.11 Å². The van der Waals surface area contributed by atoms with Gasteiger partial charge in [-0.1, -0.05) is 50.2 Å².